The number of likely N-dealkylation sites (tertiary alicyclic amines) is 1. The number of hydrogen-bond acceptors (Lipinski definition) is 2. The van der Waals surface area contributed by atoms with Crippen molar-refractivity contribution >= 4 is 32.8 Å². The zero-order chi connectivity index (χ0) is 14.8. The fourth-order valence-corrected chi connectivity index (χ4v) is 3.55. The molecule has 1 unspecified atom stereocenters. The van der Waals surface area contributed by atoms with Crippen LogP contribution >= 0.6 is 15.9 Å². The van der Waals surface area contributed by atoms with Gasteiger partial charge < -0.3 is 10.1 Å². The summed E-state index contributed by atoms with van der Waals surface area (Å²) in [5.41, 5.74) is 1.84. The number of H-pyrrole nitrogens is 1. The number of carboxylic acids is 1. The van der Waals surface area contributed by atoms with Gasteiger partial charge in [-0.2, -0.15) is 0 Å². The summed E-state index contributed by atoms with van der Waals surface area (Å²) in [6.07, 6.45) is 6.41. The van der Waals surface area contributed by atoms with Crippen LogP contribution in [0.4, 0.5) is 0 Å². The highest BCUT2D eigenvalue weighted by atomic mass is 79.9. The normalized spacial score (nSPS) is 18.5. The fraction of sp³-hybridized carbons (Fsp3) is 0.438. The summed E-state index contributed by atoms with van der Waals surface area (Å²) in [5, 5.41) is 10.7. The molecule has 2 aromatic rings. The van der Waals surface area contributed by atoms with Gasteiger partial charge in [-0.3, -0.25) is 9.69 Å². The zero-order valence-electron chi connectivity index (χ0n) is 11.8. The summed E-state index contributed by atoms with van der Waals surface area (Å²) in [4.78, 5) is 17.2. The highest BCUT2D eigenvalue weighted by molar-refractivity contribution is 9.10. The quantitative estimate of drug-likeness (QED) is 0.881. The molecule has 0 spiro atoms. The van der Waals surface area contributed by atoms with E-state index < -0.39 is 12.0 Å². The van der Waals surface area contributed by atoms with Crippen LogP contribution in [0.25, 0.3) is 10.9 Å². The van der Waals surface area contributed by atoms with E-state index >= 15 is 0 Å². The molecule has 2 N–H and O–H groups in total. The van der Waals surface area contributed by atoms with Crippen molar-refractivity contribution in [2.45, 2.75) is 31.7 Å². The smallest absolute Gasteiger partial charge is 0.325 e. The second kappa shape index (κ2) is 6.20. The van der Waals surface area contributed by atoms with E-state index in [0.717, 1.165) is 46.9 Å². The van der Waals surface area contributed by atoms with Crippen molar-refractivity contribution < 1.29 is 9.90 Å². The first-order valence-corrected chi connectivity index (χ1v) is 8.19. The summed E-state index contributed by atoms with van der Waals surface area (Å²) in [6, 6.07) is 5.37. The predicted molar refractivity (Wildman–Crippen MR) is 86.4 cm³/mol. The molecular formula is C16H19BrN2O2. The van der Waals surface area contributed by atoms with Gasteiger partial charge >= 0.3 is 5.97 Å². The Labute approximate surface area is 132 Å². The number of carbonyl (C=O) groups is 1. The van der Waals surface area contributed by atoms with Crippen LogP contribution in [0.3, 0.4) is 0 Å². The van der Waals surface area contributed by atoms with Crippen molar-refractivity contribution in [3.05, 3.63) is 34.4 Å². The molecule has 5 heteroatoms. The molecule has 1 fully saturated rings. The number of aliphatic carboxylic acids is 1. The lowest BCUT2D eigenvalue weighted by Gasteiger charge is -2.27. The van der Waals surface area contributed by atoms with Crippen molar-refractivity contribution in [3.8, 4) is 0 Å². The summed E-state index contributed by atoms with van der Waals surface area (Å²) in [5.74, 6) is -0.763. The molecule has 21 heavy (non-hydrogen) atoms. The molecule has 3 rings (SSSR count). The van der Waals surface area contributed by atoms with E-state index in [9.17, 15) is 9.90 Å². The molecule has 0 saturated carbocycles. The maximum absolute atomic E-state index is 11.9. The van der Waals surface area contributed by atoms with Crippen molar-refractivity contribution in [1.82, 2.24) is 9.88 Å². The maximum Gasteiger partial charge on any atom is 0.325 e. The van der Waals surface area contributed by atoms with Crippen molar-refractivity contribution in [2.75, 3.05) is 13.1 Å². The van der Waals surface area contributed by atoms with Crippen LogP contribution in [0, 0.1) is 0 Å². The number of rotatable bonds is 3. The topological polar surface area (TPSA) is 56.3 Å². The molecule has 0 aliphatic carbocycles. The molecule has 1 atom stereocenters. The Bertz CT molecular complexity index is 645. The van der Waals surface area contributed by atoms with Crippen molar-refractivity contribution in [3.63, 3.8) is 0 Å². The van der Waals surface area contributed by atoms with E-state index in [0.29, 0.717) is 0 Å². The average molecular weight is 351 g/mol. The van der Waals surface area contributed by atoms with Crippen LogP contribution in [0.2, 0.25) is 0 Å². The van der Waals surface area contributed by atoms with Crippen LogP contribution in [0.1, 0.15) is 37.3 Å². The molecule has 1 aromatic carbocycles. The maximum atomic E-state index is 11.9. The fourth-order valence-electron chi connectivity index (χ4n) is 3.19. The van der Waals surface area contributed by atoms with Crippen LogP contribution in [-0.4, -0.2) is 34.0 Å². The first-order valence-electron chi connectivity index (χ1n) is 7.40. The number of carboxylic acid groups (broad SMARTS) is 1. The first kappa shape index (κ1) is 14.6. The van der Waals surface area contributed by atoms with Gasteiger partial charge in [-0.1, -0.05) is 34.8 Å². The van der Waals surface area contributed by atoms with Crippen LogP contribution < -0.4 is 0 Å². The van der Waals surface area contributed by atoms with Gasteiger partial charge in [-0.15, -0.1) is 0 Å². The molecule has 1 aromatic heterocycles. The first-order chi connectivity index (χ1) is 10.2. The Morgan fingerprint density at radius 3 is 2.62 bits per heavy atom. The SMILES string of the molecule is O=C(O)C(c1c[nH]c2cc(Br)ccc12)N1CCCCCC1. The van der Waals surface area contributed by atoms with E-state index in [4.69, 9.17) is 0 Å². The minimum atomic E-state index is -0.763. The van der Waals surface area contributed by atoms with Gasteiger partial charge in [0.25, 0.3) is 0 Å². The lowest BCUT2D eigenvalue weighted by Crippen LogP contribution is -2.34. The summed E-state index contributed by atoms with van der Waals surface area (Å²) < 4.78 is 0.991. The molecule has 4 nitrogen and oxygen atoms in total. The van der Waals surface area contributed by atoms with Crippen LogP contribution in [0.5, 0.6) is 0 Å². The summed E-state index contributed by atoms with van der Waals surface area (Å²) >= 11 is 3.45. The average Bonchev–Trinajstić information content (AvgIpc) is 2.68. The molecule has 2 heterocycles. The number of fused-ring (bicyclic) bond motifs is 1. The van der Waals surface area contributed by atoms with Gasteiger partial charge in [0, 0.05) is 27.1 Å². The molecular weight excluding hydrogens is 332 g/mol. The van der Waals surface area contributed by atoms with Crippen LogP contribution in [0.15, 0.2) is 28.9 Å². The van der Waals surface area contributed by atoms with E-state index in [-0.39, 0.29) is 0 Å². The Balaban J connectivity index is 2.00. The highest BCUT2D eigenvalue weighted by Crippen LogP contribution is 2.31. The van der Waals surface area contributed by atoms with E-state index in [2.05, 4.69) is 25.8 Å². The van der Waals surface area contributed by atoms with Gasteiger partial charge in [-0.25, -0.2) is 0 Å². The number of aromatic nitrogens is 1. The predicted octanol–water partition coefficient (Wildman–Crippen LogP) is 3.93. The Hall–Kier alpha value is -1.33. The standard InChI is InChI=1S/C16H19BrN2O2/c17-11-5-6-12-13(10-18-14(12)9-11)15(16(20)21)19-7-3-1-2-4-8-19/h5-6,9-10,15,18H,1-4,7-8H2,(H,20,21). The molecule has 0 bridgehead atoms. The largest absolute Gasteiger partial charge is 0.480 e. The summed E-state index contributed by atoms with van der Waals surface area (Å²) in [7, 11) is 0. The van der Waals surface area contributed by atoms with E-state index in [1.165, 1.54) is 12.8 Å². The number of aromatic amines is 1. The molecule has 1 aliphatic rings. The van der Waals surface area contributed by atoms with E-state index in [1.807, 2.05) is 24.4 Å². The molecule has 0 amide bonds. The molecule has 1 saturated heterocycles. The number of nitrogens with zero attached hydrogens (tertiary/aromatic N) is 1. The monoisotopic (exact) mass is 350 g/mol. The van der Waals surface area contributed by atoms with Crippen LogP contribution in [-0.2, 0) is 4.79 Å². The summed E-state index contributed by atoms with van der Waals surface area (Å²) in [6.45, 7) is 1.72. The Morgan fingerprint density at radius 1 is 1.24 bits per heavy atom. The minimum absolute atomic E-state index is 0.557. The third kappa shape index (κ3) is 2.99. The van der Waals surface area contributed by atoms with Crippen molar-refractivity contribution in [2.24, 2.45) is 0 Å². The number of benzene rings is 1. The van der Waals surface area contributed by atoms with Gasteiger partial charge in [-0.05, 0) is 38.1 Å². The lowest BCUT2D eigenvalue weighted by molar-refractivity contribution is -0.143. The van der Waals surface area contributed by atoms with Gasteiger partial charge in [0.2, 0.25) is 0 Å². The van der Waals surface area contributed by atoms with Gasteiger partial charge in [0.1, 0.15) is 6.04 Å². The molecule has 1 aliphatic heterocycles. The minimum Gasteiger partial charge on any atom is -0.480 e. The number of halogens is 1. The zero-order valence-corrected chi connectivity index (χ0v) is 13.4. The molecule has 0 radical (unpaired) electrons. The molecule has 112 valence electrons. The van der Waals surface area contributed by atoms with Crippen molar-refractivity contribution in [1.29, 1.82) is 0 Å². The Kier molecular flexibility index (Phi) is 4.31. The third-order valence-corrected chi connectivity index (χ3v) is 4.70. The Morgan fingerprint density at radius 2 is 1.95 bits per heavy atom. The van der Waals surface area contributed by atoms with Gasteiger partial charge in [0.05, 0.1) is 0 Å². The number of nitrogens with one attached hydrogen (secondary N) is 1. The van der Waals surface area contributed by atoms with Gasteiger partial charge in [0.15, 0.2) is 0 Å². The lowest BCUT2D eigenvalue weighted by atomic mass is 10.0. The highest BCUT2D eigenvalue weighted by Gasteiger charge is 2.29. The third-order valence-electron chi connectivity index (χ3n) is 4.21. The van der Waals surface area contributed by atoms with E-state index in [1.54, 1.807) is 0 Å². The second-order valence-corrected chi connectivity index (χ2v) is 6.54. The second-order valence-electron chi connectivity index (χ2n) is 5.62. The number of hydrogen-bond donors (Lipinski definition) is 2.